The van der Waals surface area contributed by atoms with Crippen LogP contribution in [0, 0.1) is 5.82 Å². The van der Waals surface area contributed by atoms with Crippen molar-refractivity contribution in [3.05, 3.63) is 59.4 Å². The molecule has 1 aliphatic rings. The number of alkyl halides is 2. The van der Waals surface area contributed by atoms with Crippen LogP contribution in [0.3, 0.4) is 0 Å². The molecule has 1 amide bonds. The molecule has 3 rings (SSSR count). The number of nitrogens with two attached hydrogens (primary N) is 1. The van der Waals surface area contributed by atoms with Crippen molar-refractivity contribution < 1.29 is 32.6 Å². The first-order valence-electron chi connectivity index (χ1n) is 9.07. The van der Waals surface area contributed by atoms with Gasteiger partial charge in [0.15, 0.2) is 0 Å². The lowest BCUT2D eigenvalue weighted by Gasteiger charge is -2.37. The third-order valence-corrected chi connectivity index (χ3v) is 5.48. The molecule has 4 N–H and O–H groups in total. The van der Waals surface area contributed by atoms with E-state index in [1.54, 1.807) is 0 Å². The van der Waals surface area contributed by atoms with Crippen molar-refractivity contribution in [3.63, 3.8) is 0 Å². The number of allylic oxidation sites excluding steroid dienone is 1. The zero-order valence-electron chi connectivity index (χ0n) is 17.1. The Morgan fingerprint density at radius 3 is 2.62 bits per heavy atom. The highest BCUT2D eigenvalue weighted by molar-refractivity contribution is 7.98. The number of carboxylic acid groups (broad SMARTS) is 1. The fourth-order valence-electron chi connectivity index (χ4n) is 2.97. The SMILES string of the molecule is CSc1cnc(C(=O)Nc2ccc(F)c([C@@]3(C)C(N)=CCOCC3(F)F)c2)cn1.O=CO. The average Bonchev–Trinajstić information content (AvgIpc) is 2.87. The number of hydrogen-bond donors (Lipinski definition) is 3. The molecule has 32 heavy (non-hydrogen) atoms. The number of nitrogens with zero attached hydrogens (tertiary/aromatic N) is 2. The van der Waals surface area contributed by atoms with E-state index in [9.17, 15) is 18.0 Å². The number of halogens is 3. The van der Waals surface area contributed by atoms with Crippen molar-refractivity contribution in [2.45, 2.75) is 23.3 Å². The molecule has 0 fully saturated rings. The summed E-state index contributed by atoms with van der Waals surface area (Å²) in [6, 6.07) is 3.43. The Bertz CT molecular complexity index is 1000. The molecule has 0 aliphatic carbocycles. The molecule has 12 heteroatoms. The molecule has 2 aromatic rings. The molecule has 1 aromatic carbocycles. The maximum atomic E-state index is 14.8. The van der Waals surface area contributed by atoms with Crippen molar-refractivity contribution in [2.24, 2.45) is 5.73 Å². The first kappa shape index (κ1) is 25.1. The smallest absolute Gasteiger partial charge is 0.290 e. The van der Waals surface area contributed by atoms with Gasteiger partial charge in [-0.2, -0.15) is 0 Å². The minimum absolute atomic E-state index is 0.0347. The quantitative estimate of drug-likeness (QED) is 0.460. The van der Waals surface area contributed by atoms with Gasteiger partial charge in [0.1, 0.15) is 28.6 Å². The molecular formula is C20H21F3N4O4S. The van der Waals surface area contributed by atoms with E-state index in [-0.39, 0.29) is 35.7 Å². The number of benzene rings is 1. The summed E-state index contributed by atoms with van der Waals surface area (Å²) in [5.41, 5.74) is 3.35. The largest absolute Gasteiger partial charge is 0.483 e. The number of aromatic nitrogens is 2. The van der Waals surface area contributed by atoms with Gasteiger partial charge in [0, 0.05) is 16.9 Å². The van der Waals surface area contributed by atoms with Crippen molar-refractivity contribution in [1.82, 2.24) is 9.97 Å². The fourth-order valence-corrected chi connectivity index (χ4v) is 3.28. The molecular weight excluding hydrogens is 449 g/mol. The number of ether oxygens (including phenoxy) is 1. The van der Waals surface area contributed by atoms with Crippen LogP contribution < -0.4 is 11.1 Å². The van der Waals surface area contributed by atoms with Crippen LogP contribution in [0.25, 0.3) is 0 Å². The molecule has 0 bridgehead atoms. The lowest BCUT2D eigenvalue weighted by molar-refractivity contribution is -0.122. The number of amides is 1. The normalized spacial score (nSPS) is 19.6. The van der Waals surface area contributed by atoms with Gasteiger partial charge < -0.3 is 20.9 Å². The summed E-state index contributed by atoms with van der Waals surface area (Å²) >= 11 is 1.37. The predicted molar refractivity (Wildman–Crippen MR) is 112 cm³/mol. The summed E-state index contributed by atoms with van der Waals surface area (Å²) in [7, 11) is 0. The number of rotatable bonds is 4. The van der Waals surface area contributed by atoms with Crippen molar-refractivity contribution in [1.29, 1.82) is 0 Å². The van der Waals surface area contributed by atoms with Gasteiger partial charge >= 0.3 is 0 Å². The minimum Gasteiger partial charge on any atom is -0.483 e. The lowest BCUT2D eigenvalue weighted by atomic mass is 9.73. The molecule has 0 saturated carbocycles. The summed E-state index contributed by atoms with van der Waals surface area (Å²) in [5, 5.41) is 10.1. The topological polar surface area (TPSA) is 127 Å². The Hall–Kier alpha value is -3.12. The number of anilines is 1. The van der Waals surface area contributed by atoms with Crippen LogP contribution in [0.5, 0.6) is 0 Å². The van der Waals surface area contributed by atoms with E-state index in [1.807, 2.05) is 6.26 Å². The summed E-state index contributed by atoms with van der Waals surface area (Å²) in [6.45, 7) is -0.0992. The molecule has 2 heterocycles. The molecule has 1 aromatic heterocycles. The molecule has 0 spiro atoms. The minimum atomic E-state index is -3.47. The molecule has 0 radical (unpaired) electrons. The summed E-state index contributed by atoms with van der Waals surface area (Å²) in [6.07, 6.45) is 5.85. The van der Waals surface area contributed by atoms with Gasteiger partial charge in [-0.15, -0.1) is 11.8 Å². The maximum absolute atomic E-state index is 14.8. The van der Waals surface area contributed by atoms with Gasteiger partial charge in [-0.05, 0) is 37.5 Å². The van der Waals surface area contributed by atoms with Gasteiger partial charge in [-0.1, -0.05) is 0 Å². The number of carbonyl (C=O) groups excluding carboxylic acids is 1. The Kier molecular flexibility index (Phi) is 8.22. The standard InChI is InChI=1S/C19H19F3N4O2S.CH2O2/c1-18(15(23)5-6-28-10-19(18,21)22)12-7-11(3-4-13(12)20)26-17(27)14-8-25-16(29-2)9-24-14;2-1-3/h3-5,7-9H,6,10,23H2,1-2H3,(H,26,27);1H,(H,2,3)/t18-;/m0./s1. The van der Waals surface area contributed by atoms with E-state index in [4.69, 9.17) is 20.4 Å². The van der Waals surface area contributed by atoms with Crippen LogP contribution in [0.15, 0.2) is 47.4 Å². The van der Waals surface area contributed by atoms with Crippen LogP contribution in [-0.2, 0) is 14.9 Å². The van der Waals surface area contributed by atoms with Crippen LogP contribution in [0.2, 0.25) is 0 Å². The van der Waals surface area contributed by atoms with Crippen molar-refractivity contribution >= 4 is 29.8 Å². The first-order valence-corrected chi connectivity index (χ1v) is 10.3. The van der Waals surface area contributed by atoms with E-state index in [1.165, 1.54) is 36.3 Å². The van der Waals surface area contributed by atoms with E-state index in [0.29, 0.717) is 5.03 Å². The van der Waals surface area contributed by atoms with Gasteiger partial charge in [0.2, 0.25) is 0 Å². The highest BCUT2D eigenvalue weighted by Gasteiger charge is 2.55. The molecule has 0 unspecified atom stereocenters. The predicted octanol–water partition coefficient (Wildman–Crippen LogP) is 3.06. The van der Waals surface area contributed by atoms with Crippen LogP contribution in [0.4, 0.5) is 18.9 Å². The van der Waals surface area contributed by atoms with E-state index < -0.39 is 29.7 Å². The summed E-state index contributed by atoms with van der Waals surface area (Å²) < 4.78 is 49.2. The third-order valence-electron chi connectivity index (χ3n) is 4.85. The molecule has 172 valence electrons. The third kappa shape index (κ3) is 5.19. The number of thioether (sulfide) groups is 1. The van der Waals surface area contributed by atoms with E-state index in [2.05, 4.69) is 15.3 Å². The highest BCUT2D eigenvalue weighted by Crippen LogP contribution is 2.46. The molecule has 0 saturated heterocycles. The highest BCUT2D eigenvalue weighted by atomic mass is 32.2. The van der Waals surface area contributed by atoms with Crippen molar-refractivity contribution in [2.75, 3.05) is 24.8 Å². The lowest BCUT2D eigenvalue weighted by Crippen LogP contribution is -2.49. The van der Waals surface area contributed by atoms with Crippen molar-refractivity contribution in [3.8, 4) is 0 Å². The monoisotopic (exact) mass is 470 g/mol. The Labute approximate surface area is 186 Å². The van der Waals surface area contributed by atoms with Crippen LogP contribution in [0.1, 0.15) is 23.0 Å². The fraction of sp³-hybridized carbons (Fsp3) is 0.300. The van der Waals surface area contributed by atoms with E-state index >= 15 is 0 Å². The van der Waals surface area contributed by atoms with Crippen LogP contribution >= 0.6 is 11.8 Å². The van der Waals surface area contributed by atoms with Gasteiger partial charge in [-0.3, -0.25) is 9.59 Å². The zero-order valence-corrected chi connectivity index (χ0v) is 18.0. The zero-order chi connectivity index (χ0) is 23.9. The molecule has 8 nitrogen and oxygen atoms in total. The second kappa shape index (κ2) is 10.5. The maximum Gasteiger partial charge on any atom is 0.290 e. The average molecular weight is 470 g/mol. The van der Waals surface area contributed by atoms with Gasteiger partial charge in [-0.25, -0.2) is 23.1 Å². The Morgan fingerprint density at radius 1 is 1.34 bits per heavy atom. The Morgan fingerprint density at radius 2 is 2.03 bits per heavy atom. The second-order valence-corrected chi connectivity index (χ2v) is 7.53. The second-order valence-electron chi connectivity index (χ2n) is 6.70. The van der Waals surface area contributed by atoms with Gasteiger partial charge in [0.05, 0.1) is 19.0 Å². The number of nitrogens with one attached hydrogen (secondary N) is 1. The number of carbonyl (C=O) groups is 2. The Balaban J connectivity index is 0.00000114. The summed E-state index contributed by atoms with van der Waals surface area (Å²) in [4.78, 5) is 28.8. The van der Waals surface area contributed by atoms with Crippen LogP contribution in [-0.4, -0.2) is 52.8 Å². The summed E-state index contributed by atoms with van der Waals surface area (Å²) in [5.74, 6) is -4.94. The molecule has 1 aliphatic heterocycles. The number of hydrogen-bond acceptors (Lipinski definition) is 7. The van der Waals surface area contributed by atoms with Gasteiger partial charge in [0.25, 0.3) is 18.3 Å². The molecule has 1 atom stereocenters. The first-order chi connectivity index (χ1) is 15.1. The van der Waals surface area contributed by atoms with E-state index in [0.717, 1.165) is 19.1 Å².